The second-order valence-electron chi connectivity index (χ2n) is 7.47. The van der Waals surface area contributed by atoms with E-state index in [-0.39, 0.29) is 5.69 Å². The first-order chi connectivity index (χ1) is 16.4. The molecule has 1 N–H and O–H groups in total. The lowest BCUT2D eigenvalue weighted by Crippen LogP contribution is -2.16. The van der Waals surface area contributed by atoms with Crippen LogP contribution in [0, 0.1) is 17.0 Å². The zero-order valence-corrected chi connectivity index (χ0v) is 19.3. The Morgan fingerprint density at radius 1 is 1.09 bits per heavy atom. The number of aryl methyl sites for hydroxylation is 1. The summed E-state index contributed by atoms with van der Waals surface area (Å²) in [5.74, 6) is 0.752. The van der Waals surface area contributed by atoms with Crippen LogP contribution in [-0.2, 0) is 6.61 Å². The van der Waals surface area contributed by atoms with Crippen LogP contribution in [0.15, 0.2) is 71.8 Å². The van der Waals surface area contributed by atoms with Gasteiger partial charge < -0.3 is 9.47 Å². The Balaban J connectivity index is 1.40. The van der Waals surface area contributed by atoms with E-state index >= 15 is 0 Å². The molecule has 0 unspecified atom stereocenters. The molecule has 0 radical (unpaired) electrons. The number of nitrogens with one attached hydrogen (secondary N) is 1. The quantitative estimate of drug-likeness (QED) is 0.207. The Morgan fingerprint density at radius 3 is 2.62 bits per heavy atom. The molecule has 0 saturated carbocycles. The molecule has 0 saturated heterocycles. The number of non-ortho nitro benzene ring substituents is 1. The van der Waals surface area contributed by atoms with E-state index in [0.717, 1.165) is 10.3 Å². The average Bonchev–Trinajstić information content (AvgIpc) is 3.27. The van der Waals surface area contributed by atoms with Crippen LogP contribution in [0.1, 0.15) is 26.4 Å². The lowest BCUT2D eigenvalue weighted by molar-refractivity contribution is -0.384. The number of fused-ring (bicyclic) bond motifs is 1. The summed E-state index contributed by atoms with van der Waals surface area (Å²) in [6.45, 7) is 2.45. The largest absolute Gasteiger partial charge is 0.493 e. The van der Waals surface area contributed by atoms with Crippen LogP contribution in [0.25, 0.3) is 10.1 Å². The summed E-state index contributed by atoms with van der Waals surface area (Å²) in [5.41, 5.74) is 5.42. The van der Waals surface area contributed by atoms with E-state index in [0.29, 0.717) is 33.9 Å². The topological polar surface area (TPSA) is 103 Å². The number of amides is 1. The summed E-state index contributed by atoms with van der Waals surface area (Å²) in [7, 11) is 1.56. The van der Waals surface area contributed by atoms with Gasteiger partial charge >= 0.3 is 0 Å². The summed E-state index contributed by atoms with van der Waals surface area (Å²) in [6.07, 6.45) is 1.50. The molecule has 34 heavy (non-hydrogen) atoms. The van der Waals surface area contributed by atoms with E-state index in [1.54, 1.807) is 37.4 Å². The third-order valence-electron chi connectivity index (χ3n) is 5.02. The Hall–Kier alpha value is -4.24. The van der Waals surface area contributed by atoms with Crippen molar-refractivity contribution in [2.24, 2.45) is 5.10 Å². The van der Waals surface area contributed by atoms with Crippen molar-refractivity contribution in [3.05, 3.63) is 98.4 Å². The van der Waals surface area contributed by atoms with Gasteiger partial charge in [0, 0.05) is 22.2 Å². The smallest absolute Gasteiger partial charge is 0.281 e. The predicted molar refractivity (Wildman–Crippen MR) is 132 cm³/mol. The molecule has 9 heteroatoms. The number of nitro benzene ring substituents is 1. The molecule has 1 heterocycles. The number of nitro groups is 1. The summed E-state index contributed by atoms with van der Waals surface area (Å²) in [4.78, 5) is 23.3. The van der Waals surface area contributed by atoms with Gasteiger partial charge in [-0.1, -0.05) is 29.8 Å². The minimum absolute atomic E-state index is 0.0180. The van der Waals surface area contributed by atoms with Crippen LogP contribution in [0.2, 0.25) is 0 Å². The number of thiophene rings is 1. The summed E-state index contributed by atoms with van der Waals surface area (Å²) < 4.78 is 12.1. The maximum Gasteiger partial charge on any atom is 0.281 e. The molecule has 3 aromatic carbocycles. The van der Waals surface area contributed by atoms with Crippen LogP contribution in [0.5, 0.6) is 11.5 Å². The number of ether oxygens (including phenoxy) is 2. The van der Waals surface area contributed by atoms with E-state index in [1.165, 1.54) is 35.2 Å². The molecule has 0 bridgehead atoms. The third kappa shape index (κ3) is 5.38. The molecule has 0 aliphatic heterocycles. The second-order valence-corrected chi connectivity index (χ2v) is 8.56. The van der Waals surface area contributed by atoms with E-state index in [1.807, 2.05) is 31.2 Å². The van der Waals surface area contributed by atoms with Crippen molar-refractivity contribution < 1.29 is 19.2 Å². The van der Waals surface area contributed by atoms with Gasteiger partial charge in [0.25, 0.3) is 11.6 Å². The predicted octanol–water partition coefficient (Wildman–Crippen LogP) is 5.47. The SMILES string of the molecule is COc1cc(C=NNC(=O)c2cc3cc([N+](=O)[O-])ccc3s2)ccc1OCc1ccc(C)cc1. The minimum Gasteiger partial charge on any atom is -0.493 e. The Kier molecular flexibility index (Phi) is 6.84. The molecular weight excluding hydrogens is 454 g/mol. The normalized spacial score (nSPS) is 11.0. The molecule has 4 aromatic rings. The average molecular weight is 476 g/mol. The maximum atomic E-state index is 12.4. The van der Waals surface area contributed by atoms with Crippen LogP contribution >= 0.6 is 11.3 Å². The van der Waals surface area contributed by atoms with Crippen LogP contribution in [-0.4, -0.2) is 24.2 Å². The number of hydrazone groups is 1. The molecular formula is C25H21N3O5S. The number of methoxy groups -OCH3 is 1. The van der Waals surface area contributed by atoms with Crippen LogP contribution in [0.3, 0.4) is 0 Å². The number of benzene rings is 3. The van der Waals surface area contributed by atoms with E-state index in [9.17, 15) is 14.9 Å². The van der Waals surface area contributed by atoms with Crippen molar-refractivity contribution >= 4 is 39.2 Å². The van der Waals surface area contributed by atoms with Gasteiger partial charge in [0.15, 0.2) is 11.5 Å². The molecule has 8 nitrogen and oxygen atoms in total. The molecule has 0 atom stereocenters. The minimum atomic E-state index is -0.464. The van der Waals surface area contributed by atoms with Gasteiger partial charge in [-0.15, -0.1) is 11.3 Å². The Bertz CT molecular complexity index is 1380. The number of hydrogen-bond donors (Lipinski definition) is 1. The zero-order valence-electron chi connectivity index (χ0n) is 18.5. The number of rotatable bonds is 8. The van der Waals surface area contributed by atoms with Gasteiger partial charge in [-0.2, -0.15) is 5.10 Å². The van der Waals surface area contributed by atoms with Crippen molar-refractivity contribution in [2.45, 2.75) is 13.5 Å². The first-order valence-corrected chi connectivity index (χ1v) is 11.1. The molecule has 0 aliphatic rings. The van der Waals surface area contributed by atoms with Crippen molar-refractivity contribution in [3.8, 4) is 11.5 Å². The van der Waals surface area contributed by atoms with Crippen LogP contribution < -0.4 is 14.9 Å². The van der Waals surface area contributed by atoms with Crippen molar-refractivity contribution in [1.82, 2.24) is 5.43 Å². The third-order valence-corrected chi connectivity index (χ3v) is 6.13. The number of hydrogen-bond acceptors (Lipinski definition) is 7. The highest BCUT2D eigenvalue weighted by Gasteiger charge is 2.13. The summed E-state index contributed by atoms with van der Waals surface area (Å²) >= 11 is 1.24. The van der Waals surface area contributed by atoms with Gasteiger partial charge in [-0.05, 0) is 48.4 Å². The highest BCUT2D eigenvalue weighted by Crippen LogP contribution is 2.30. The molecule has 4 rings (SSSR count). The van der Waals surface area contributed by atoms with Gasteiger partial charge in [-0.25, -0.2) is 5.43 Å². The maximum absolute atomic E-state index is 12.4. The molecule has 0 spiro atoms. The fourth-order valence-electron chi connectivity index (χ4n) is 3.21. The summed E-state index contributed by atoms with van der Waals surface area (Å²) in [6, 6.07) is 19.6. The van der Waals surface area contributed by atoms with Crippen LogP contribution in [0.4, 0.5) is 5.69 Å². The second kappa shape index (κ2) is 10.1. The summed E-state index contributed by atoms with van der Waals surface area (Å²) in [5, 5.41) is 15.6. The Labute approximate surface area is 199 Å². The van der Waals surface area contributed by atoms with Crippen molar-refractivity contribution in [2.75, 3.05) is 7.11 Å². The number of carbonyl (C=O) groups is 1. The van der Waals surface area contributed by atoms with Gasteiger partial charge in [-0.3, -0.25) is 14.9 Å². The first-order valence-electron chi connectivity index (χ1n) is 10.3. The van der Waals surface area contributed by atoms with E-state index in [2.05, 4.69) is 10.5 Å². The fourth-order valence-corrected chi connectivity index (χ4v) is 4.14. The lowest BCUT2D eigenvalue weighted by Gasteiger charge is -2.11. The van der Waals surface area contributed by atoms with Crippen molar-refractivity contribution in [3.63, 3.8) is 0 Å². The monoisotopic (exact) mass is 475 g/mol. The van der Waals surface area contributed by atoms with Gasteiger partial charge in [0.2, 0.25) is 0 Å². The highest BCUT2D eigenvalue weighted by molar-refractivity contribution is 7.20. The first kappa shape index (κ1) is 22.9. The van der Waals surface area contributed by atoms with Gasteiger partial charge in [0.05, 0.1) is 23.1 Å². The molecule has 0 aliphatic carbocycles. The number of nitrogens with zero attached hydrogens (tertiary/aromatic N) is 2. The molecule has 1 amide bonds. The standard InChI is InChI=1S/C25H21N3O5S/c1-16-3-5-17(6-4-16)15-33-21-9-7-18(11-22(21)32-2)14-26-27-25(29)24-13-19-12-20(28(30)31)8-10-23(19)34-24/h3-14H,15H2,1-2H3,(H,27,29). The van der Waals surface area contributed by atoms with Crippen molar-refractivity contribution in [1.29, 1.82) is 0 Å². The lowest BCUT2D eigenvalue weighted by atomic mass is 10.2. The molecule has 172 valence electrons. The van der Waals surface area contributed by atoms with E-state index in [4.69, 9.17) is 9.47 Å². The van der Waals surface area contributed by atoms with Gasteiger partial charge in [0.1, 0.15) is 6.61 Å². The van der Waals surface area contributed by atoms with E-state index < -0.39 is 10.8 Å². The zero-order chi connectivity index (χ0) is 24.1. The fraction of sp³-hybridized carbons (Fsp3) is 0.120. The highest BCUT2D eigenvalue weighted by atomic mass is 32.1. The Morgan fingerprint density at radius 2 is 1.88 bits per heavy atom. The number of carbonyl (C=O) groups excluding carboxylic acids is 1. The molecule has 0 fully saturated rings. The molecule has 1 aromatic heterocycles.